The van der Waals surface area contributed by atoms with Crippen LogP contribution in [0.4, 0.5) is 0 Å². The van der Waals surface area contributed by atoms with Crippen LogP contribution in [0.5, 0.6) is 0 Å². The van der Waals surface area contributed by atoms with E-state index in [-0.39, 0.29) is 10.6 Å². The average molecular weight is 153 g/mol. The summed E-state index contributed by atoms with van der Waals surface area (Å²) in [5.74, 6) is 0.443. The number of hydrogen-bond acceptors (Lipinski definition) is 2. The fourth-order valence-electron chi connectivity index (χ4n) is 1.27. The van der Waals surface area contributed by atoms with Gasteiger partial charge in [0, 0.05) is 11.6 Å². The van der Waals surface area contributed by atoms with E-state index < -0.39 is 0 Å². The lowest BCUT2D eigenvalue weighted by atomic mass is 9.95. The predicted molar refractivity (Wildman–Crippen MR) is 42.6 cm³/mol. The molecule has 0 amide bonds. The smallest absolute Gasteiger partial charge is 0.258 e. The molecule has 0 aliphatic heterocycles. The number of allylic oxidation sites excluding steroid dienone is 3. The van der Waals surface area contributed by atoms with Crippen LogP contribution in [0.15, 0.2) is 23.4 Å². The molecule has 0 saturated heterocycles. The Morgan fingerprint density at radius 2 is 2.36 bits per heavy atom. The van der Waals surface area contributed by atoms with E-state index in [9.17, 15) is 10.1 Å². The highest BCUT2D eigenvalue weighted by molar-refractivity contribution is 5.23. The van der Waals surface area contributed by atoms with Crippen LogP contribution < -0.4 is 0 Å². The largest absolute Gasteiger partial charge is 0.268 e. The Morgan fingerprint density at radius 3 is 2.82 bits per heavy atom. The van der Waals surface area contributed by atoms with Crippen molar-refractivity contribution >= 4 is 0 Å². The van der Waals surface area contributed by atoms with Crippen LogP contribution in [0.25, 0.3) is 0 Å². The van der Waals surface area contributed by atoms with Gasteiger partial charge in [0.25, 0.3) is 5.70 Å². The molecule has 0 bridgehead atoms. The van der Waals surface area contributed by atoms with E-state index in [4.69, 9.17) is 0 Å². The summed E-state index contributed by atoms with van der Waals surface area (Å²) in [6.45, 7) is 3.87. The van der Waals surface area contributed by atoms with Gasteiger partial charge in [0.05, 0.1) is 4.92 Å². The number of nitro groups is 1. The standard InChI is InChI=1S/C8H11NO2/c1-6-3-4-8(9(10)11)7(2)5-6/h3-4,6H,5H2,1-2H3. The maximum absolute atomic E-state index is 10.4. The lowest BCUT2D eigenvalue weighted by Crippen LogP contribution is -2.06. The molecule has 3 nitrogen and oxygen atoms in total. The van der Waals surface area contributed by atoms with E-state index in [1.165, 1.54) is 0 Å². The summed E-state index contributed by atoms with van der Waals surface area (Å²) in [5.41, 5.74) is 1.15. The highest BCUT2D eigenvalue weighted by Gasteiger charge is 2.17. The van der Waals surface area contributed by atoms with Crippen molar-refractivity contribution in [3.63, 3.8) is 0 Å². The summed E-state index contributed by atoms with van der Waals surface area (Å²) in [6.07, 6.45) is 4.29. The summed E-state index contributed by atoms with van der Waals surface area (Å²) in [7, 11) is 0. The van der Waals surface area contributed by atoms with Crippen LogP contribution in [0.1, 0.15) is 20.3 Å². The number of nitrogens with zero attached hydrogens (tertiary/aromatic N) is 1. The lowest BCUT2D eigenvalue weighted by molar-refractivity contribution is -0.420. The molecular weight excluding hydrogens is 142 g/mol. The van der Waals surface area contributed by atoms with Gasteiger partial charge in [-0.15, -0.1) is 0 Å². The van der Waals surface area contributed by atoms with Gasteiger partial charge in [0.2, 0.25) is 0 Å². The minimum absolute atomic E-state index is 0.267. The van der Waals surface area contributed by atoms with Crippen LogP contribution in [-0.2, 0) is 0 Å². The van der Waals surface area contributed by atoms with Crippen molar-refractivity contribution in [2.45, 2.75) is 20.3 Å². The molecule has 1 aliphatic carbocycles. The zero-order chi connectivity index (χ0) is 8.43. The van der Waals surface area contributed by atoms with E-state index in [2.05, 4.69) is 6.92 Å². The molecule has 60 valence electrons. The highest BCUT2D eigenvalue weighted by atomic mass is 16.6. The van der Waals surface area contributed by atoms with Crippen LogP contribution >= 0.6 is 0 Å². The van der Waals surface area contributed by atoms with Gasteiger partial charge in [0.1, 0.15) is 0 Å². The molecule has 0 radical (unpaired) electrons. The lowest BCUT2D eigenvalue weighted by Gasteiger charge is -2.10. The average Bonchev–Trinajstić information content (AvgIpc) is 1.85. The second kappa shape index (κ2) is 2.86. The Kier molecular flexibility index (Phi) is 2.08. The molecule has 3 heteroatoms. The summed E-state index contributed by atoms with van der Waals surface area (Å²) >= 11 is 0. The summed E-state index contributed by atoms with van der Waals surface area (Å²) < 4.78 is 0. The van der Waals surface area contributed by atoms with Gasteiger partial charge >= 0.3 is 0 Å². The molecule has 0 N–H and O–H groups in total. The maximum atomic E-state index is 10.4. The molecule has 0 aromatic heterocycles. The normalized spacial score (nSPS) is 24.0. The Labute approximate surface area is 65.6 Å². The van der Waals surface area contributed by atoms with Crippen LogP contribution in [-0.4, -0.2) is 4.92 Å². The third-order valence-corrected chi connectivity index (χ3v) is 1.84. The summed E-state index contributed by atoms with van der Waals surface area (Å²) in [4.78, 5) is 10.0. The molecule has 11 heavy (non-hydrogen) atoms. The first-order chi connectivity index (χ1) is 5.11. The molecule has 0 aromatic rings. The van der Waals surface area contributed by atoms with Crippen molar-refractivity contribution in [3.8, 4) is 0 Å². The van der Waals surface area contributed by atoms with Crippen molar-refractivity contribution in [2.24, 2.45) is 5.92 Å². The predicted octanol–water partition coefficient (Wildman–Crippen LogP) is 2.13. The molecule has 1 atom stereocenters. The Morgan fingerprint density at radius 1 is 1.73 bits per heavy atom. The first kappa shape index (κ1) is 7.98. The highest BCUT2D eigenvalue weighted by Crippen LogP contribution is 2.22. The van der Waals surface area contributed by atoms with Gasteiger partial charge in [-0.25, -0.2) is 0 Å². The molecule has 1 unspecified atom stereocenters. The fraction of sp³-hybridized carbons (Fsp3) is 0.500. The van der Waals surface area contributed by atoms with Gasteiger partial charge in [-0.05, 0) is 19.3 Å². The SMILES string of the molecule is CC1=C([N+](=O)[O-])C=CC(C)C1. The number of hydrogen-bond donors (Lipinski definition) is 0. The second-order valence-corrected chi connectivity index (χ2v) is 2.96. The van der Waals surface area contributed by atoms with Gasteiger partial charge in [0.15, 0.2) is 0 Å². The first-order valence-electron chi connectivity index (χ1n) is 3.63. The van der Waals surface area contributed by atoms with E-state index in [1.807, 2.05) is 13.0 Å². The topological polar surface area (TPSA) is 43.1 Å². The zero-order valence-electron chi connectivity index (χ0n) is 6.70. The zero-order valence-corrected chi connectivity index (χ0v) is 6.70. The molecule has 0 saturated carbocycles. The molecule has 0 spiro atoms. The fourth-order valence-corrected chi connectivity index (χ4v) is 1.27. The molecule has 1 aliphatic rings. The molecule has 1 rings (SSSR count). The van der Waals surface area contributed by atoms with Gasteiger partial charge < -0.3 is 0 Å². The maximum Gasteiger partial charge on any atom is 0.268 e. The van der Waals surface area contributed by atoms with Crippen molar-refractivity contribution in [2.75, 3.05) is 0 Å². The van der Waals surface area contributed by atoms with Crippen LogP contribution in [0.2, 0.25) is 0 Å². The minimum atomic E-state index is -0.322. The first-order valence-corrected chi connectivity index (χ1v) is 3.63. The Bertz CT molecular complexity index is 240. The van der Waals surface area contributed by atoms with Gasteiger partial charge in [-0.2, -0.15) is 0 Å². The molecule has 0 fully saturated rings. The van der Waals surface area contributed by atoms with E-state index in [0.29, 0.717) is 5.92 Å². The van der Waals surface area contributed by atoms with Crippen molar-refractivity contribution in [1.82, 2.24) is 0 Å². The van der Waals surface area contributed by atoms with Gasteiger partial charge in [-0.3, -0.25) is 10.1 Å². The Balaban J connectivity index is 2.88. The minimum Gasteiger partial charge on any atom is -0.258 e. The summed E-state index contributed by atoms with van der Waals surface area (Å²) in [6, 6.07) is 0. The molecule has 0 heterocycles. The van der Waals surface area contributed by atoms with Gasteiger partial charge in [-0.1, -0.05) is 13.0 Å². The quantitative estimate of drug-likeness (QED) is 0.428. The van der Waals surface area contributed by atoms with E-state index >= 15 is 0 Å². The number of rotatable bonds is 1. The third kappa shape index (κ3) is 1.67. The summed E-state index contributed by atoms with van der Waals surface area (Å²) in [5, 5.41) is 10.4. The van der Waals surface area contributed by atoms with Crippen molar-refractivity contribution in [3.05, 3.63) is 33.5 Å². The monoisotopic (exact) mass is 153 g/mol. The van der Waals surface area contributed by atoms with E-state index in [0.717, 1.165) is 12.0 Å². The molecular formula is C8H11NO2. The molecule has 0 aromatic carbocycles. The third-order valence-electron chi connectivity index (χ3n) is 1.84. The van der Waals surface area contributed by atoms with Crippen LogP contribution in [0.3, 0.4) is 0 Å². The van der Waals surface area contributed by atoms with Crippen molar-refractivity contribution in [1.29, 1.82) is 0 Å². The second-order valence-electron chi connectivity index (χ2n) is 2.96. The van der Waals surface area contributed by atoms with Crippen molar-refractivity contribution < 1.29 is 4.92 Å². The van der Waals surface area contributed by atoms with E-state index in [1.54, 1.807) is 6.08 Å². The Hall–Kier alpha value is -1.12. The van der Waals surface area contributed by atoms with Crippen LogP contribution in [0, 0.1) is 16.0 Å².